The molecular weight excluding hydrogens is 370 g/mol. The van der Waals surface area contributed by atoms with Gasteiger partial charge in [0.25, 0.3) is 0 Å². The maximum Gasteiger partial charge on any atom is 0.0605 e. The van der Waals surface area contributed by atoms with Gasteiger partial charge in [-0.3, -0.25) is 0 Å². The maximum absolute atomic E-state index is 6.74. The summed E-state index contributed by atoms with van der Waals surface area (Å²) >= 11 is 8.49. The molecule has 0 amide bonds. The van der Waals surface area contributed by atoms with Gasteiger partial charge >= 0.3 is 0 Å². The number of halogens is 1. The average Bonchev–Trinajstić information content (AvgIpc) is 3.10. The molecule has 0 aliphatic heterocycles. The number of nitrogens with zero attached hydrogens (tertiary/aromatic N) is 1. The van der Waals surface area contributed by atoms with E-state index in [2.05, 4.69) is 89.8 Å². The lowest BCUT2D eigenvalue weighted by Crippen LogP contribution is -2.09. The molecule has 0 aliphatic rings. The highest BCUT2D eigenvalue weighted by molar-refractivity contribution is 7.26. The molecule has 0 bridgehead atoms. The molecule has 4 aromatic carbocycles. The van der Waals surface area contributed by atoms with Crippen molar-refractivity contribution >= 4 is 60.2 Å². The molecule has 0 spiro atoms. The summed E-state index contributed by atoms with van der Waals surface area (Å²) in [4.78, 5) is 2.25. The van der Waals surface area contributed by atoms with Crippen LogP contribution in [0.4, 0.5) is 17.1 Å². The van der Waals surface area contributed by atoms with Gasteiger partial charge in [0.1, 0.15) is 0 Å². The molecule has 5 rings (SSSR count). The van der Waals surface area contributed by atoms with Crippen molar-refractivity contribution in [2.45, 2.75) is 0 Å². The maximum atomic E-state index is 6.74. The van der Waals surface area contributed by atoms with Crippen LogP contribution in [0.15, 0.2) is 97.1 Å². The molecule has 1 aromatic heterocycles. The average molecular weight is 386 g/mol. The summed E-state index contributed by atoms with van der Waals surface area (Å²) in [5.41, 5.74) is 3.28. The first-order valence-corrected chi connectivity index (χ1v) is 10.0. The Bertz CT molecular complexity index is 1190. The van der Waals surface area contributed by atoms with Gasteiger partial charge in [0.2, 0.25) is 0 Å². The zero-order chi connectivity index (χ0) is 18.2. The Balaban J connectivity index is 1.79. The van der Waals surface area contributed by atoms with E-state index in [9.17, 15) is 0 Å². The number of para-hydroxylation sites is 2. The first kappa shape index (κ1) is 16.4. The molecule has 1 heterocycles. The fourth-order valence-corrected chi connectivity index (χ4v) is 4.92. The molecule has 0 radical (unpaired) electrons. The molecule has 0 atom stereocenters. The first-order valence-electron chi connectivity index (χ1n) is 8.82. The van der Waals surface area contributed by atoms with Crippen LogP contribution in [0.25, 0.3) is 20.2 Å². The van der Waals surface area contributed by atoms with Crippen LogP contribution >= 0.6 is 22.9 Å². The largest absolute Gasteiger partial charge is 0.310 e. The predicted octanol–water partition coefficient (Wildman–Crippen LogP) is 8.18. The van der Waals surface area contributed by atoms with Gasteiger partial charge < -0.3 is 4.90 Å². The number of fused-ring (bicyclic) bond motifs is 3. The van der Waals surface area contributed by atoms with Crippen LogP contribution in [0.3, 0.4) is 0 Å². The lowest BCUT2D eigenvalue weighted by Gasteiger charge is -2.25. The minimum Gasteiger partial charge on any atom is -0.310 e. The highest BCUT2D eigenvalue weighted by atomic mass is 35.5. The minimum atomic E-state index is 0.792. The minimum absolute atomic E-state index is 0.792. The highest BCUT2D eigenvalue weighted by Gasteiger charge is 2.16. The van der Waals surface area contributed by atoms with Crippen molar-refractivity contribution in [3.05, 3.63) is 102 Å². The highest BCUT2D eigenvalue weighted by Crippen LogP contribution is 2.43. The Hall–Kier alpha value is -2.81. The lowest BCUT2D eigenvalue weighted by atomic mass is 10.1. The number of rotatable bonds is 3. The van der Waals surface area contributed by atoms with Crippen molar-refractivity contribution in [1.29, 1.82) is 0 Å². The topological polar surface area (TPSA) is 3.24 Å². The van der Waals surface area contributed by atoms with Crippen molar-refractivity contribution in [2.24, 2.45) is 0 Å². The van der Waals surface area contributed by atoms with Gasteiger partial charge in [-0.15, -0.1) is 11.3 Å². The Morgan fingerprint density at radius 3 is 1.85 bits per heavy atom. The third-order valence-corrected chi connectivity index (χ3v) is 6.33. The Kier molecular flexibility index (Phi) is 4.08. The first-order chi connectivity index (χ1) is 13.3. The van der Waals surface area contributed by atoms with E-state index in [0.29, 0.717) is 0 Å². The van der Waals surface area contributed by atoms with Gasteiger partial charge in [-0.2, -0.15) is 0 Å². The summed E-state index contributed by atoms with van der Waals surface area (Å²) in [5.74, 6) is 0. The zero-order valence-corrected chi connectivity index (χ0v) is 16.0. The third-order valence-electron chi connectivity index (χ3n) is 4.70. The molecule has 0 saturated carbocycles. The summed E-state index contributed by atoms with van der Waals surface area (Å²) in [6.45, 7) is 0. The summed E-state index contributed by atoms with van der Waals surface area (Å²) in [5, 5.41) is 3.25. The molecule has 130 valence electrons. The third kappa shape index (κ3) is 2.87. The van der Waals surface area contributed by atoms with Gasteiger partial charge in [0.05, 0.1) is 9.72 Å². The molecule has 0 saturated heterocycles. The van der Waals surface area contributed by atoms with Gasteiger partial charge in [-0.25, -0.2) is 0 Å². The number of hydrogen-bond acceptors (Lipinski definition) is 2. The molecule has 0 unspecified atom stereocenters. The van der Waals surface area contributed by atoms with Gasteiger partial charge in [-0.05, 0) is 42.5 Å². The van der Waals surface area contributed by atoms with Crippen LogP contribution < -0.4 is 4.90 Å². The number of benzene rings is 4. The fourth-order valence-electron chi connectivity index (χ4n) is 3.50. The zero-order valence-electron chi connectivity index (χ0n) is 14.5. The van der Waals surface area contributed by atoms with E-state index >= 15 is 0 Å². The van der Waals surface area contributed by atoms with Crippen molar-refractivity contribution in [1.82, 2.24) is 0 Å². The van der Waals surface area contributed by atoms with Gasteiger partial charge in [0.15, 0.2) is 0 Å². The second kappa shape index (κ2) is 6.73. The van der Waals surface area contributed by atoms with E-state index in [1.807, 2.05) is 12.1 Å². The molecule has 3 heteroatoms. The fraction of sp³-hybridized carbons (Fsp3) is 0. The van der Waals surface area contributed by atoms with E-state index in [4.69, 9.17) is 11.6 Å². The predicted molar refractivity (Wildman–Crippen MR) is 119 cm³/mol. The van der Waals surface area contributed by atoms with Crippen LogP contribution in [-0.4, -0.2) is 0 Å². The van der Waals surface area contributed by atoms with Gasteiger partial charge in [0, 0.05) is 32.5 Å². The van der Waals surface area contributed by atoms with Crippen molar-refractivity contribution < 1.29 is 0 Å². The summed E-state index contributed by atoms with van der Waals surface area (Å²) in [6, 6.07) is 33.6. The number of hydrogen-bond donors (Lipinski definition) is 0. The van der Waals surface area contributed by atoms with E-state index in [1.54, 1.807) is 11.3 Å². The summed E-state index contributed by atoms with van der Waals surface area (Å²) in [6.07, 6.45) is 0. The molecule has 27 heavy (non-hydrogen) atoms. The van der Waals surface area contributed by atoms with Gasteiger partial charge in [-0.1, -0.05) is 66.2 Å². The standard InChI is InChI=1S/C24H16ClNS/c25-22-16-19(15-21-20-13-7-8-14-23(20)27-24(21)22)26(17-9-3-1-4-10-17)18-11-5-2-6-12-18/h1-16H. The van der Waals surface area contributed by atoms with E-state index in [0.717, 1.165) is 26.8 Å². The monoisotopic (exact) mass is 385 g/mol. The molecule has 5 aromatic rings. The van der Waals surface area contributed by atoms with Crippen LogP contribution in [0, 0.1) is 0 Å². The van der Waals surface area contributed by atoms with E-state index in [1.165, 1.54) is 15.5 Å². The molecule has 0 fully saturated rings. The van der Waals surface area contributed by atoms with E-state index in [-0.39, 0.29) is 0 Å². The Morgan fingerprint density at radius 1 is 0.593 bits per heavy atom. The SMILES string of the molecule is Clc1cc(N(c2ccccc2)c2ccccc2)cc2c1sc1ccccc12. The van der Waals surface area contributed by atoms with Crippen LogP contribution in [0.2, 0.25) is 5.02 Å². The van der Waals surface area contributed by atoms with E-state index < -0.39 is 0 Å². The van der Waals surface area contributed by atoms with Crippen LogP contribution in [0.1, 0.15) is 0 Å². The number of anilines is 3. The Labute approximate surface area is 167 Å². The molecule has 0 N–H and O–H groups in total. The Morgan fingerprint density at radius 2 is 1.19 bits per heavy atom. The second-order valence-corrected chi connectivity index (χ2v) is 7.87. The summed E-state index contributed by atoms with van der Waals surface area (Å²) in [7, 11) is 0. The lowest BCUT2D eigenvalue weighted by molar-refractivity contribution is 1.29. The normalized spacial score (nSPS) is 11.1. The molecule has 1 nitrogen and oxygen atoms in total. The molecular formula is C24H16ClNS. The molecule has 0 aliphatic carbocycles. The van der Waals surface area contributed by atoms with Crippen molar-refractivity contribution in [2.75, 3.05) is 4.90 Å². The van der Waals surface area contributed by atoms with Crippen LogP contribution in [-0.2, 0) is 0 Å². The van der Waals surface area contributed by atoms with Crippen LogP contribution in [0.5, 0.6) is 0 Å². The second-order valence-electron chi connectivity index (χ2n) is 6.41. The number of thiophene rings is 1. The summed E-state index contributed by atoms with van der Waals surface area (Å²) < 4.78 is 2.40. The van der Waals surface area contributed by atoms with Crippen molar-refractivity contribution in [3.8, 4) is 0 Å². The quantitative estimate of drug-likeness (QED) is 0.302. The smallest absolute Gasteiger partial charge is 0.0605 e. The van der Waals surface area contributed by atoms with Crippen molar-refractivity contribution in [3.63, 3.8) is 0 Å².